The van der Waals surface area contributed by atoms with Gasteiger partial charge in [-0.05, 0) is 54.6 Å². The summed E-state index contributed by atoms with van der Waals surface area (Å²) in [5.74, 6) is 0.272. The lowest BCUT2D eigenvalue weighted by atomic mass is 10.2. The first kappa shape index (κ1) is 20.7. The molecule has 3 rings (SSSR count). The maximum absolute atomic E-state index is 12.7. The monoisotopic (exact) mass is 430 g/mol. The highest BCUT2D eigenvalue weighted by Gasteiger charge is 2.22. The van der Waals surface area contributed by atoms with Crippen molar-refractivity contribution in [2.24, 2.45) is 0 Å². The molecule has 3 aromatic carbocycles. The highest BCUT2D eigenvalue weighted by molar-refractivity contribution is 7.92. The summed E-state index contributed by atoms with van der Waals surface area (Å²) in [7, 11) is -0.740. The smallest absolute Gasteiger partial charge is 0.264 e. The Hall–Kier alpha value is -3.03. The minimum absolute atomic E-state index is 0.142. The number of carbonyl (C=O) groups is 1. The number of benzene rings is 3. The fourth-order valence-electron chi connectivity index (χ4n) is 2.65. The number of hydrogen-bond donors (Lipinski definition) is 1. The Balaban J connectivity index is 1.81. The van der Waals surface area contributed by atoms with Crippen molar-refractivity contribution in [3.8, 4) is 5.75 Å². The Kier molecular flexibility index (Phi) is 6.10. The van der Waals surface area contributed by atoms with E-state index in [0.29, 0.717) is 17.1 Å². The second-order valence-corrected chi connectivity index (χ2v) is 8.51. The van der Waals surface area contributed by atoms with E-state index in [9.17, 15) is 13.2 Å². The molecule has 0 spiro atoms. The third-order valence-electron chi connectivity index (χ3n) is 4.31. The standard InChI is InChI=1S/C21H19ClN2O4S/c1-24(29(26,27)18-6-4-3-5-7-18)16-10-13-19(20(22)14-16)21(25)23-15-8-11-17(28-2)12-9-15/h3-14H,1-2H3,(H,23,25). The van der Waals surface area contributed by atoms with Gasteiger partial charge in [0.1, 0.15) is 5.75 Å². The minimum atomic E-state index is -3.73. The first-order chi connectivity index (χ1) is 13.8. The predicted octanol–water partition coefficient (Wildman–Crippen LogP) is 4.43. The summed E-state index contributed by atoms with van der Waals surface area (Å²) in [6.45, 7) is 0. The summed E-state index contributed by atoms with van der Waals surface area (Å²) in [4.78, 5) is 12.7. The molecule has 6 nitrogen and oxygen atoms in total. The second kappa shape index (κ2) is 8.55. The number of anilines is 2. The average molecular weight is 431 g/mol. The molecule has 0 fully saturated rings. The molecule has 150 valence electrons. The van der Waals surface area contributed by atoms with E-state index < -0.39 is 15.9 Å². The Bertz CT molecular complexity index is 1120. The maximum atomic E-state index is 12.7. The van der Waals surface area contributed by atoms with E-state index in [4.69, 9.17) is 16.3 Å². The number of rotatable bonds is 6. The number of halogens is 1. The lowest BCUT2D eigenvalue weighted by molar-refractivity contribution is 0.102. The minimum Gasteiger partial charge on any atom is -0.497 e. The van der Waals surface area contributed by atoms with Crippen LogP contribution in [0.4, 0.5) is 11.4 Å². The van der Waals surface area contributed by atoms with E-state index in [1.54, 1.807) is 49.6 Å². The van der Waals surface area contributed by atoms with Crippen LogP contribution < -0.4 is 14.4 Å². The number of nitrogens with zero attached hydrogens (tertiary/aromatic N) is 1. The molecule has 1 amide bonds. The van der Waals surface area contributed by atoms with Crippen molar-refractivity contribution in [1.82, 2.24) is 0 Å². The molecule has 0 saturated heterocycles. The van der Waals surface area contributed by atoms with Crippen molar-refractivity contribution in [1.29, 1.82) is 0 Å². The number of hydrogen-bond acceptors (Lipinski definition) is 4. The number of nitrogens with one attached hydrogen (secondary N) is 1. The van der Waals surface area contributed by atoms with E-state index in [-0.39, 0.29) is 15.5 Å². The zero-order chi connectivity index (χ0) is 21.0. The van der Waals surface area contributed by atoms with Crippen LogP contribution in [0.5, 0.6) is 5.75 Å². The largest absolute Gasteiger partial charge is 0.497 e. The number of methoxy groups -OCH3 is 1. The summed E-state index contributed by atoms with van der Waals surface area (Å²) in [5.41, 5.74) is 1.16. The molecule has 3 aromatic rings. The lowest BCUT2D eigenvalue weighted by Crippen LogP contribution is -2.26. The molecule has 0 aromatic heterocycles. The van der Waals surface area contributed by atoms with Crippen molar-refractivity contribution in [3.05, 3.63) is 83.4 Å². The van der Waals surface area contributed by atoms with E-state index in [0.717, 1.165) is 4.31 Å². The highest BCUT2D eigenvalue weighted by Crippen LogP contribution is 2.28. The van der Waals surface area contributed by atoms with Crippen LogP contribution in [0, 0.1) is 0 Å². The summed E-state index contributed by atoms with van der Waals surface area (Å²) in [6.07, 6.45) is 0. The van der Waals surface area contributed by atoms with Crippen molar-refractivity contribution in [3.63, 3.8) is 0 Å². The third kappa shape index (κ3) is 4.52. The zero-order valence-electron chi connectivity index (χ0n) is 15.8. The van der Waals surface area contributed by atoms with Gasteiger partial charge in [0.15, 0.2) is 0 Å². The molecule has 0 saturated carbocycles. The highest BCUT2D eigenvalue weighted by atomic mass is 35.5. The van der Waals surface area contributed by atoms with Gasteiger partial charge in [0.05, 0.1) is 28.3 Å². The predicted molar refractivity (Wildman–Crippen MR) is 114 cm³/mol. The lowest BCUT2D eigenvalue weighted by Gasteiger charge is -2.20. The Labute approximate surface area is 174 Å². The molecule has 0 heterocycles. The molecule has 29 heavy (non-hydrogen) atoms. The molecule has 0 unspecified atom stereocenters. The molecule has 0 aliphatic carbocycles. The number of carbonyl (C=O) groups excluding carboxylic acids is 1. The van der Waals surface area contributed by atoms with Crippen LogP contribution in [0.3, 0.4) is 0 Å². The van der Waals surface area contributed by atoms with Crippen LogP contribution in [0.2, 0.25) is 5.02 Å². The second-order valence-electron chi connectivity index (χ2n) is 6.13. The van der Waals surface area contributed by atoms with Gasteiger partial charge in [0, 0.05) is 12.7 Å². The van der Waals surface area contributed by atoms with Gasteiger partial charge in [-0.2, -0.15) is 0 Å². The molecule has 0 atom stereocenters. The van der Waals surface area contributed by atoms with Crippen LogP contribution in [0.15, 0.2) is 77.7 Å². The van der Waals surface area contributed by atoms with Gasteiger partial charge < -0.3 is 10.1 Å². The average Bonchev–Trinajstić information content (AvgIpc) is 2.74. The summed E-state index contributed by atoms with van der Waals surface area (Å²) in [5, 5.41) is 2.89. The normalized spacial score (nSPS) is 11.0. The van der Waals surface area contributed by atoms with E-state index in [1.807, 2.05) is 0 Å². The Morgan fingerprint density at radius 2 is 1.66 bits per heavy atom. The van der Waals surface area contributed by atoms with Gasteiger partial charge in [-0.3, -0.25) is 9.10 Å². The first-order valence-electron chi connectivity index (χ1n) is 8.62. The van der Waals surface area contributed by atoms with Crippen LogP contribution in [0.25, 0.3) is 0 Å². The molecular formula is C21H19ClN2O4S. The summed E-state index contributed by atoms with van der Waals surface area (Å²) >= 11 is 6.28. The topological polar surface area (TPSA) is 75.7 Å². The van der Waals surface area contributed by atoms with Crippen LogP contribution in [0.1, 0.15) is 10.4 Å². The number of amides is 1. The quantitative estimate of drug-likeness (QED) is 0.627. The molecule has 8 heteroatoms. The van der Waals surface area contributed by atoms with Crippen molar-refractivity contribution in [2.75, 3.05) is 23.8 Å². The van der Waals surface area contributed by atoms with E-state index in [1.165, 1.54) is 37.4 Å². The van der Waals surface area contributed by atoms with Crippen LogP contribution in [-0.2, 0) is 10.0 Å². The van der Waals surface area contributed by atoms with Crippen molar-refractivity contribution >= 4 is 38.9 Å². The van der Waals surface area contributed by atoms with E-state index >= 15 is 0 Å². The maximum Gasteiger partial charge on any atom is 0.264 e. The van der Waals surface area contributed by atoms with Crippen LogP contribution >= 0.6 is 11.6 Å². The van der Waals surface area contributed by atoms with Gasteiger partial charge >= 0.3 is 0 Å². The number of ether oxygens (including phenoxy) is 1. The third-order valence-corrected chi connectivity index (χ3v) is 6.42. The number of sulfonamides is 1. The van der Waals surface area contributed by atoms with Gasteiger partial charge in [-0.25, -0.2) is 8.42 Å². The summed E-state index contributed by atoms with van der Waals surface area (Å²) in [6, 6.07) is 19.4. The SMILES string of the molecule is COc1ccc(NC(=O)c2ccc(N(C)S(=O)(=O)c3ccccc3)cc2Cl)cc1. The first-order valence-corrected chi connectivity index (χ1v) is 10.4. The molecule has 1 N–H and O–H groups in total. The fourth-order valence-corrected chi connectivity index (χ4v) is 4.12. The van der Waals surface area contributed by atoms with Crippen LogP contribution in [-0.4, -0.2) is 28.5 Å². The molecule has 0 bridgehead atoms. The fraction of sp³-hybridized carbons (Fsp3) is 0.0952. The summed E-state index contributed by atoms with van der Waals surface area (Å²) < 4.78 is 31.7. The molecule has 0 aliphatic rings. The Morgan fingerprint density at radius 3 is 2.24 bits per heavy atom. The van der Waals surface area contributed by atoms with Crippen molar-refractivity contribution in [2.45, 2.75) is 4.90 Å². The zero-order valence-corrected chi connectivity index (χ0v) is 17.4. The molecule has 0 radical (unpaired) electrons. The molecule has 0 aliphatic heterocycles. The van der Waals surface area contributed by atoms with E-state index in [2.05, 4.69) is 5.32 Å². The van der Waals surface area contributed by atoms with Gasteiger partial charge in [-0.1, -0.05) is 29.8 Å². The van der Waals surface area contributed by atoms with Gasteiger partial charge in [-0.15, -0.1) is 0 Å². The van der Waals surface area contributed by atoms with Gasteiger partial charge in [0.2, 0.25) is 0 Å². The Morgan fingerprint density at radius 1 is 1.00 bits per heavy atom. The molecular weight excluding hydrogens is 412 g/mol. The van der Waals surface area contributed by atoms with Gasteiger partial charge in [0.25, 0.3) is 15.9 Å². The van der Waals surface area contributed by atoms with Crippen molar-refractivity contribution < 1.29 is 17.9 Å².